The second kappa shape index (κ2) is 5.71. The van der Waals surface area contributed by atoms with Gasteiger partial charge in [-0.25, -0.2) is 0 Å². The Kier molecular flexibility index (Phi) is 4.16. The van der Waals surface area contributed by atoms with Crippen molar-refractivity contribution < 1.29 is 14.8 Å². The normalized spacial score (nSPS) is 17.5. The molecule has 0 atom stereocenters. The van der Waals surface area contributed by atoms with Gasteiger partial charge in [-0.2, -0.15) is 0 Å². The summed E-state index contributed by atoms with van der Waals surface area (Å²) in [6.45, 7) is 5.52. The minimum Gasteiger partial charge on any atom is -0.508 e. The number of piperidine rings is 1. The molecule has 1 saturated heterocycles. The first-order chi connectivity index (χ1) is 9.86. The lowest BCUT2D eigenvalue weighted by atomic mass is 9.78. The topological polar surface area (TPSA) is 83.7 Å². The van der Waals surface area contributed by atoms with E-state index in [1.54, 1.807) is 4.90 Å². The number of nitro groups is 1. The average Bonchev–Trinajstić information content (AvgIpc) is 2.47. The van der Waals surface area contributed by atoms with Crippen LogP contribution in [0.5, 0.6) is 5.75 Å². The molecule has 114 valence electrons. The van der Waals surface area contributed by atoms with Crippen molar-refractivity contribution in [3.05, 3.63) is 33.9 Å². The molecular weight excluding hydrogens is 272 g/mol. The summed E-state index contributed by atoms with van der Waals surface area (Å²) in [5, 5.41) is 20.5. The Balaban J connectivity index is 2.22. The molecule has 21 heavy (non-hydrogen) atoms. The number of rotatable bonds is 3. The van der Waals surface area contributed by atoms with Crippen LogP contribution in [0.1, 0.15) is 43.5 Å². The minimum atomic E-state index is -0.590. The van der Waals surface area contributed by atoms with Crippen molar-refractivity contribution in [2.24, 2.45) is 5.41 Å². The zero-order valence-corrected chi connectivity index (χ0v) is 12.3. The third kappa shape index (κ3) is 3.15. The van der Waals surface area contributed by atoms with Crippen molar-refractivity contribution in [1.82, 2.24) is 4.90 Å². The molecule has 1 aromatic rings. The van der Waals surface area contributed by atoms with Crippen LogP contribution in [0.2, 0.25) is 0 Å². The molecule has 6 nitrogen and oxygen atoms in total. The van der Waals surface area contributed by atoms with Crippen LogP contribution < -0.4 is 0 Å². The summed E-state index contributed by atoms with van der Waals surface area (Å²) in [7, 11) is 0. The molecule has 2 rings (SSSR count). The minimum absolute atomic E-state index is 0.0416. The number of nitrogens with zero attached hydrogens (tertiary/aromatic N) is 2. The van der Waals surface area contributed by atoms with E-state index in [9.17, 15) is 20.0 Å². The second-order valence-corrected chi connectivity index (χ2v) is 5.91. The van der Waals surface area contributed by atoms with Gasteiger partial charge in [-0.05, 0) is 30.4 Å². The van der Waals surface area contributed by atoms with Gasteiger partial charge >= 0.3 is 0 Å². The first-order valence-corrected chi connectivity index (χ1v) is 7.13. The second-order valence-electron chi connectivity index (χ2n) is 5.91. The largest absolute Gasteiger partial charge is 0.508 e. The van der Waals surface area contributed by atoms with Crippen LogP contribution >= 0.6 is 0 Å². The molecule has 1 amide bonds. The molecule has 0 radical (unpaired) electrons. The summed E-state index contributed by atoms with van der Waals surface area (Å²) < 4.78 is 0. The maximum Gasteiger partial charge on any atom is 0.282 e. The Morgan fingerprint density at radius 2 is 2.05 bits per heavy atom. The number of hydrogen-bond donors (Lipinski definition) is 1. The zero-order valence-electron chi connectivity index (χ0n) is 12.3. The molecule has 1 N–H and O–H groups in total. The Hall–Kier alpha value is -2.11. The van der Waals surface area contributed by atoms with Gasteiger partial charge in [0.15, 0.2) is 0 Å². The molecule has 1 aliphatic heterocycles. The van der Waals surface area contributed by atoms with E-state index in [0.29, 0.717) is 13.1 Å². The molecule has 1 aromatic carbocycles. The van der Waals surface area contributed by atoms with Crippen molar-refractivity contribution in [3.8, 4) is 5.75 Å². The van der Waals surface area contributed by atoms with Gasteiger partial charge in [-0.3, -0.25) is 14.9 Å². The number of phenolic OH excluding ortho intramolecular Hbond substituents is 1. The predicted octanol–water partition coefficient (Wildman–Crippen LogP) is 2.95. The molecule has 0 aliphatic carbocycles. The smallest absolute Gasteiger partial charge is 0.282 e. The Labute approximate surface area is 123 Å². The first kappa shape index (κ1) is 15.3. The fourth-order valence-corrected chi connectivity index (χ4v) is 2.63. The van der Waals surface area contributed by atoms with Crippen LogP contribution in [-0.2, 0) is 0 Å². The van der Waals surface area contributed by atoms with E-state index in [1.165, 1.54) is 18.2 Å². The van der Waals surface area contributed by atoms with Crippen LogP contribution in [0, 0.1) is 15.5 Å². The third-order valence-electron chi connectivity index (χ3n) is 4.52. The van der Waals surface area contributed by atoms with E-state index < -0.39 is 4.92 Å². The van der Waals surface area contributed by atoms with Gasteiger partial charge in [0.05, 0.1) is 4.92 Å². The number of benzene rings is 1. The van der Waals surface area contributed by atoms with Crippen LogP contribution in [-0.4, -0.2) is 33.9 Å². The predicted molar refractivity (Wildman–Crippen MR) is 78.3 cm³/mol. The van der Waals surface area contributed by atoms with Gasteiger partial charge in [0.1, 0.15) is 11.3 Å². The molecule has 0 aromatic heterocycles. The van der Waals surface area contributed by atoms with E-state index >= 15 is 0 Å². The van der Waals surface area contributed by atoms with Crippen molar-refractivity contribution in [1.29, 1.82) is 0 Å². The average molecular weight is 292 g/mol. The lowest BCUT2D eigenvalue weighted by Crippen LogP contribution is -2.42. The zero-order chi connectivity index (χ0) is 15.6. The number of phenols is 1. The van der Waals surface area contributed by atoms with Gasteiger partial charge in [0.25, 0.3) is 11.6 Å². The Morgan fingerprint density at radius 1 is 1.43 bits per heavy atom. The van der Waals surface area contributed by atoms with Gasteiger partial charge in [0, 0.05) is 19.2 Å². The molecule has 0 spiro atoms. The first-order valence-electron chi connectivity index (χ1n) is 7.13. The number of carbonyl (C=O) groups is 1. The number of nitro benzene ring substituents is 1. The number of hydrogen-bond acceptors (Lipinski definition) is 4. The summed E-state index contributed by atoms with van der Waals surface area (Å²) in [4.78, 5) is 24.6. The maximum absolute atomic E-state index is 12.5. The monoisotopic (exact) mass is 292 g/mol. The molecule has 0 unspecified atom stereocenters. The van der Waals surface area contributed by atoms with E-state index in [-0.39, 0.29) is 28.3 Å². The highest BCUT2D eigenvalue weighted by molar-refractivity contribution is 5.98. The van der Waals surface area contributed by atoms with Crippen molar-refractivity contribution in [3.63, 3.8) is 0 Å². The van der Waals surface area contributed by atoms with Crippen LogP contribution in [0.3, 0.4) is 0 Å². The Morgan fingerprint density at radius 3 is 2.57 bits per heavy atom. The van der Waals surface area contributed by atoms with Gasteiger partial charge in [-0.15, -0.1) is 0 Å². The van der Waals surface area contributed by atoms with Crippen molar-refractivity contribution >= 4 is 11.6 Å². The summed E-state index contributed by atoms with van der Waals surface area (Å²) in [6.07, 6.45) is 2.84. The highest BCUT2D eigenvalue weighted by Gasteiger charge is 2.32. The lowest BCUT2D eigenvalue weighted by Gasteiger charge is -2.38. The van der Waals surface area contributed by atoms with E-state index in [4.69, 9.17) is 0 Å². The molecule has 1 heterocycles. The molecule has 0 saturated carbocycles. The number of carbonyl (C=O) groups excluding carboxylic acids is 1. The Bertz CT molecular complexity index is 563. The fraction of sp³-hybridized carbons (Fsp3) is 0.533. The van der Waals surface area contributed by atoms with Crippen LogP contribution in [0.4, 0.5) is 5.69 Å². The van der Waals surface area contributed by atoms with Crippen molar-refractivity contribution in [2.45, 2.75) is 33.1 Å². The van der Waals surface area contributed by atoms with E-state index in [2.05, 4.69) is 13.8 Å². The van der Waals surface area contributed by atoms with Crippen LogP contribution in [0.15, 0.2) is 18.2 Å². The standard InChI is InChI=1S/C15H20N2O4/c1-3-15(2)6-8-16(9-7-15)14(19)12-10-11(18)4-5-13(12)17(20)21/h4-5,10,18H,3,6-9H2,1-2H3. The highest BCUT2D eigenvalue weighted by Crippen LogP contribution is 2.35. The summed E-state index contributed by atoms with van der Waals surface area (Å²) in [5.74, 6) is -0.518. The quantitative estimate of drug-likeness (QED) is 0.685. The van der Waals surface area contributed by atoms with Gasteiger partial charge < -0.3 is 10.0 Å². The summed E-state index contributed by atoms with van der Waals surface area (Å²) in [5.41, 5.74) is -0.0663. The van der Waals surface area contributed by atoms with E-state index in [0.717, 1.165) is 19.3 Å². The molecule has 1 aliphatic rings. The summed E-state index contributed by atoms with van der Waals surface area (Å²) in [6, 6.07) is 3.57. The molecule has 6 heteroatoms. The lowest BCUT2D eigenvalue weighted by molar-refractivity contribution is -0.385. The SMILES string of the molecule is CCC1(C)CCN(C(=O)c2cc(O)ccc2[N+](=O)[O-])CC1. The van der Waals surface area contributed by atoms with Crippen molar-refractivity contribution in [2.75, 3.05) is 13.1 Å². The summed E-state index contributed by atoms with van der Waals surface area (Å²) >= 11 is 0. The van der Waals surface area contributed by atoms with Crippen LogP contribution in [0.25, 0.3) is 0 Å². The maximum atomic E-state index is 12.5. The van der Waals surface area contributed by atoms with Gasteiger partial charge in [0.2, 0.25) is 0 Å². The number of aromatic hydroxyl groups is 1. The third-order valence-corrected chi connectivity index (χ3v) is 4.52. The number of amides is 1. The fourth-order valence-electron chi connectivity index (χ4n) is 2.63. The molecular formula is C15H20N2O4. The number of likely N-dealkylation sites (tertiary alicyclic amines) is 1. The highest BCUT2D eigenvalue weighted by atomic mass is 16.6. The molecule has 1 fully saturated rings. The van der Waals surface area contributed by atoms with Gasteiger partial charge in [-0.1, -0.05) is 20.3 Å². The van der Waals surface area contributed by atoms with E-state index in [1.807, 2.05) is 0 Å². The molecule has 0 bridgehead atoms.